The Morgan fingerprint density at radius 2 is 1.96 bits per heavy atom. The number of H-pyrrole nitrogens is 1. The van der Waals surface area contributed by atoms with Crippen molar-refractivity contribution in [3.8, 4) is 22.9 Å². The van der Waals surface area contributed by atoms with E-state index in [4.69, 9.17) is 0 Å². The van der Waals surface area contributed by atoms with Crippen LogP contribution in [0.4, 0.5) is 17.6 Å². The number of halogens is 4. The first-order valence-electron chi connectivity index (χ1n) is 7.76. The largest absolute Gasteiger partial charge is 0.573 e. The van der Waals surface area contributed by atoms with Gasteiger partial charge in [0.1, 0.15) is 17.3 Å². The number of hydrogen-bond donors (Lipinski definition) is 3. The molecule has 3 rings (SSSR count). The van der Waals surface area contributed by atoms with E-state index in [0.717, 1.165) is 24.3 Å². The molecule has 0 radical (unpaired) electrons. The number of carbonyl (C=O) groups excluding carboxylic acids is 1. The van der Waals surface area contributed by atoms with Crippen LogP contribution in [-0.2, 0) is 6.54 Å². The number of carbonyl (C=O) groups is 1. The lowest BCUT2D eigenvalue weighted by molar-refractivity contribution is -0.274. The highest BCUT2D eigenvalue weighted by atomic mass is 19.4. The quantitative estimate of drug-likeness (QED) is 0.576. The van der Waals surface area contributed by atoms with Crippen molar-refractivity contribution >= 4 is 5.91 Å². The van der Waals surface area contributed by atoms with Gasteiger partial charge in [-0.2, -0.15) is 5.10 Å². The topological polar surface area (TPSA) is 100 Å². The van der Waals surface area contributed by atoms with E-state index in [2.05, 4.69) is 25.2 Å². The molecular formula is C17H12F4N4O3. The predicted octanol–water partition coefficient (Wildman–Crippen LogP) is 3.15. The second kappa shape index (κ2) is 7.55. The number of hydrogen-bond acceptors (Lipinski definition) is 5. The summed E-state index contributed by atoms with van der Waals surface area (Å²) in [6.07, 6.45) is -4.94. The van der Waals surface area contributed by atoms with E-state index in [9.17, 15) is 27.5 Å². The molecule has 0 saturated heterocycles. The molecule has 2 aromatic carbocycles. The lowest BCUT2D eigenvalue weighted by Gasteiger charge is -2.12. The highest BCUT2D eigenvalue weighted by Crippen LogP contribution is 2.27. The van der Waals surface area contributed by atoms with Crippen LogP contribution in [0.2, 0.25) is 0 Å². The summed E-state index contributed by atoms with van der Waals surface area (Å²) in [5, 5.41) is 18.4. The Labute approximate surface area is 155 Å². The normalized spacial score (nSPS) is 11.3. The average Bonchev–Trinajstić information content (AvgIpc) is 3.09. The first kappa shape index (κ1) is 19.1. The van der Waals surface area contributed by atoms with Crippen LogP contribution in [0.3, 0.4) is 0 Å². The maximum absolute atomic E-state index is 13.3. The minimum Gasteiger partial charge on any atom is -0.507 e. The molecule has 0 unspecified atom stereocenters. The molecule has 0 bridgehead atoms. The van der Waals surface area contributed by atoms with Crippen molar-refractivity contribution in [2.45, 2.75) is 12.9 Å². The number of aromatic nitrogens is 3. The monoisotopic (exact) mass is 396 g/mol. The third-order valence-corrected chi connectivity index (χ3v) is 3.51. The summed E-state index contributed by atoms with van der Waals surface area (Å²) in [5.41, 5.74) is -0.257. The molecule has 0 fully saturated rings. The molecule has 0 saturated carbocycles. The molecule has 1 heterocycles. The van der Waals surface area contributed by atoms with Crippen molar-refractivity contribution in [2.75, 3.05) is 0 Å². The molecule has 3 N–H and O–H groups in total. The van der Waals surface area contributed by atoms with E-state index < -0.39 is 23.8 Å². The molecule has 3 aromatic rings. The van der Waals surface area contributed by atoms with E-state index in [1.54, 1.807) is 0 Å². The second-order valence-electron chi connectivity index (χ2n) is 5.49. The molecule has 28 heavy (non-hydrogen) atoms. The van der Waals surface area contributed by atoms with Gasteiger partial charge in [-0.25, -0.2) is 9.37 Å². The average molecular weight is 396 g/mol. The van der Waals surface area contributed by atoms with Crippen LogP contribution in [0.1, 0.15) is 16.2 Å². The number of ether oxygens (including phenoxy) is 1. The summed E-state index contributed by atoms with van der Waals surface area (Å²) in [6, 6.07) is 8.12. The van der Waals surface area contributed by atoms with Gasteiger partial charge in [0.25, 0.3) is 5.91 Å². The Hall–Kier alpha value is -3.63. The first-order valence-corrected chi connectivity index (χ1v) is 7.76. The maximum atomic E-state index is 13.3. The molecule has 0 aliphatic carbocycles. The Kier molecular flexibility index (Phi) is 5.16. The molecule has 0 atom stereocenters. The third kappa shape index (κ3) is 4.55. The number of alkyl halides is 3. The van der Waals surface area contributed by atoms with Crippen LogP contribution in [0, 0.1) is 5.82 Å². The summed E-state index contributed by atoms with van der Waals surface area (Å²) >= 11 is 0. The van der Waals surface area contributed by atoms with Crippen LogP contribution in [0.25, 0.3) is 11.4 Å². The van der Waals surface area contributed by atoms with Gasteiger partial charge in [-0.1, -0.05) is 12.1 Å². The molecular weight excluding hydrogens is 384 g/mol. The van der Waals surface area contributed by atoms with Gasteiger partial charge in [0.2, 0.25) is 0 Å². The van der Waals surface area contributed by atoms with Gasteiger partial charge in [-0.05, 0) is 30.3 Å². The SMILES string of the molecule is O=C(NCc1n[nH]c(-c2cc(F)ccc2O)n1)c1ccccc1OC(F)(F)F. The summed E-state index contributed by atoms with van der Waals surface area (Å²) in [5.74, 6) is -2.18. The van der Waals surface area contributed by atoms with Gasteiger partial charge in [-0.3, -0.25) is 9.89 Å². The Morgan fingerprint density at radius 3 is 2.71 bits per heavy atom. The van der Waals surface area contributed by atoms with E-state index in [-0.39, 0.29) is 35.1 Å². The number of nitrogens with zero attached hydrogens (tertiary/aromatic N) is 2. The lowest BCUT2D eigenvalue weighted by atomic mass is 10.2. The Morgan fingerprint density at radius 1 is 1.21 bits per heavy atom. The number of nitrogens with one attached hydrogen (secondary N) is 2. The van der Waals surface area contributed by atoms with Crippen molar-refractivity contribution in [1.29, 1.82) is 0 Å². The minimum absolute atomic E-state index is 0.0575. The summed E-state index contributed by atoms with van der Waals surface area (Å²) in [7, 11) is 0. The van der Waals surface area contributed by atoms with Gasteiger partial charge in [0, 0.05) is 0 Å². The van der Waals surface area contributed by atoms with Crippen molar-refractivity contribution < 1.29 is 32.2 Å². The Balaban J connectivity index is 1.71. The number of aromatic hydroxyl groups is 1. The van der Waals surface area contributed by atoms with Gasteiger partial charge in [0.15, 0.2) is 11.6 Å². The fraction of sp³-hybridized carbons (Fsp3) is 0.118. The van der Waals surface area contributed by atoms with E-state index in [1.165, 1.54) is 18.2 Å². The number of para-hydroxylation sites is 1. The van der Waals surface area contributed by atoms with Gasteiger partial charge in [0.05, 0.1) is 17.7 Å². The minimum atomic E-state index is -4.94. The highest BCUT2D eigenvalue weighted by Gasteiger charge is 2.32. The number of phenols is 1. The smallest absolute Gasteiger partial charge is 0.507 e. The number of aromatic amines is 1. The molecule has 1 aromatic heterocycles. The van der Waals surface area contributed by atoms with Crippen LogP contribution >= 0.6 is 0 Å². The van der Waals surface area contributed by atoms with Gasteiger partial charge in [-0.15, -0.1) is 13.2 Å². The van der Waals surface area contributed by atoms with E-state index in [0.29, 0.717) is 0 Å². The summed E-state index contributed by atoms with van der Waals surface area (Å²) in [6.45, 7) is -0.230. The zero-order valence-corrected chi connectivity index (χ0v) is 13.9. The molecule has 11 heteroatoms. The van der Waals surface area contributed by atoms with Crippen LogP contribution in [0.5, 0.6) is 11.5 Å². The van der Waals surface area contributed by atoms with Crippen molar-refractivity contribution in [2.24, 2.45) is 0 Å². The van der Waals surface area contributed by atoms with E-state index in [1.807, 2.05) is 0 Å². The second-order valence-corrected chi connectivity index (χ2v) is 5.49. The predicted molar refractivity (Wildman–Crippen MR) is 87.7 cm³/mol. The van der Waals surface area contributed by atoms with Crippen molar-refractivity contribution in [1.82, 2.24) is 20.5 Å². The van der Waals surface area contributed by atoms with Crippen molar-refractivity contribution in [3.63, 3.8) is 0 Å². The third-order valence-electron chi connectivity index (χ3n) is 3.51. The maximum Gasteiger partial charge on any atom is 0.573 e. The summed E-state index contributed by atoms with van der Waals surface area (Å²) < 4.78 is 54.5. The van der Waals surface area contributed by atoms with E-state index >= 15 is 0 Å². The first-order chi connectivity index (χ1) is 13.2. The number of amides is 1. The van der Waals surface area contributed by atoms with Gasteiger partial charge >= 0.3 is 6.36 Å². The lowest BCUT2D eigenvalue weighted by Crippen LogP contribution is -2.26. The molecule has 0 aliphatic heterocycles. The zero-order valence-electron chi connectivity index (χ0n) is 13.9. The number of benzene rings is 2. The fourth-order valence-electron chi connectivity index (χ4n) is 2.32. The molecule has 0 spiro atoms. The van der Waals surface area contributed by atoms with Crippen LogP contribution in [-0.4, -0.2) is 32.6 Å². The summed E-state index contributed by atoms with van der Waals surface area (Å²) in [4.78, 5) is 16.2. The van der Waals surface area contributed by atoms with Crippen LogP contribution < -0.4 is 10.1 Å². The zero-order chi connectivity index (χ0) is 20.3. The van der Waals surface area contributed by atoms with Crippen LogP contribution in [0.15, 0.2) is 42.5 Å². The molecule has 7 nitrogen and oxygen atoms in total. The fourth-order valence-corrected chi connectivity index (χ4v) is 2.32. The standard InChI is InChI=1S/C17H12F4N4O3/c18-9-5-6-12(26)11(7-9)15-23-14(24-25-15)8-22-16(27)10-3-1-2-4-13(10)28-17(19,20)21/h1-7,26H,8H2,(H,22,27)(H,23,24,25). The number of rotatable bonds is 5. The number of phenolic OH excluding ortho intramolecular Hbond substituents is 1. The molecule has 146 valence electrons. The van der Waals surface area contributed by atoms with Gasteiger partial charge < -0.3 is 15.2 Å². The Bertz CT molecular complexity index is 1000. The molecule has 0 aliphatic rings. The highest BCUT2D eigenvalue weighted by molar-refractivity contribution is 5.96. The van der Waals surface area contributed by atoms with Crippen molar-refractivity contribution in [3.05, 3.63) is 59.7 Å². The molecule has 1 amide bonds.